The van der Waals surface area contributed by atoms with Crippen LogP contribution < -0.4 is 10.6 Å². The lowest BCUT2D eigenvalue weighted by molar-refractivity contribution is 0.101. The molecule has 0 heterocycles. The van der Waals surface area contributed by atoms with Gasteiger partial charge in [0.1, 0.15) is 0 Å². The van der Waals surface area contributed by atoms with Gasteiger partial charge in [0.15, 0.2) is 10.9 Å². The number of carbonyl (C=O) groups is 1. The molecule has 2 aromatic carbocycles. The lowest BCUT2D eigenvalue weighted by Crippen LogP contribution is -2.19. The molecule has 0 radical (unpaired) electrons. The van der Waals surface area contributed by atoms with Gasteiger partial charge in [-0.25, -0.2) is 0 Å². The molecule has 5 heteroatoms. The minimum absolute atomic E-state index is 0.0195. The molecule has 0 saturated carbocycles. The Morgan fingerprint density at radius 2 is 1.90 bits per heavy atom. The van der Waals surface area contributed by atoms with Crippen molar-refractivity contribution in [3.05, 3.63) is 58.6 Å². The average Bonchev–Trinajstić information content (AvgIpc) is 2.42. The van der Waals surface area contributed by atoms with Crippen molar-refractivity contribution in [2.24, 2.45) is 0 Å². The lowest BCUT2D eigenvalue weighted by atomic mass is 10.1. The van der Waals surface area contributed by atoms with Gasteiger partial charge in [-0.3, -0.25) is 4.79 Å². The maximum atomic E-state index is 11.4. The highest BCUT2D eigenvalue weighted by atomic mass is 35.5. The number of thiocarbonyl (C=S) groups is 1. The first-order chi connectivity index (χ1) is 9.95. The number of aryl methyl sites for hydroxylation is 1. The fourth-order valence-electron chi connectivity index (χ4n) is 1.87. The molecule has 0 unspecified atom stereocenters. The van der Waals surface area contributed by atoms with Gasteiger partial charge in [0.2, 0.25) is 0 Å². The third kappa shape index (κ3) is 4.28. The topological polar surface area (TPSA) is 41.1 Å². The molecule has 0 atom stereocenters. The Hall–Kier alpha value is -1.91. The number of Topliss-reactive ketones (excluding diaryl/α,β-unsaturated/α-hetero) is 1. The normalized spacial score (nSPS) is 10.0. The Bertz CT molecular complexity index is 700. The standard InChI is InChI=1S/C16H15ClN2OS/c1-10-8-13(17)6-7-15(10)19-16(21)18-14-5-3-4-12(9-14)11(2)20/h3-9H,1-2H3,(H2,18,19,21). The summed E-state index contributed by atoms with van der Waals surface area (Å²) in [6.45, 7) is 3.49. The van der Waals surface area contributed by atoms with Gasteiger partial charge in [-0.05, 0) is 62.0 Å². The summed E-state index contributed by atoms with van der Waals surface area (Å²) in [6, 6.07) is 12.7. The van der Waals surface area contributed by atoms with Crippen LogP contribution in [0.4, 0.5) is 11.4 Å². The second kappa shape index (κ2) is 6.70. The largest absolute Gasteiger partial charge is 0.332 e. The summed E-state index contributed by atoms with van der Waals surface area (Å²) in [4.78, 5) is 11.4. The van der Waals surface area contributed by atoms with Gasteiger partial charge in [0.05, 0.1) is 0 Å². The Balaban J connectivity index is 2.08. The Morgan fingerprint density at radius 1 is 1.14 bits per heavy atom. The molecule has 0 fully saturated rings. The molecule has 3 nitrogen and oxygen atoms in total. The van der Waals surface area contributed by atoms with Gasteiger partial charge in [-0.15, -0.1) is 0 Å². The van der Waals surface area contributed by atoms with Crippen molar-refractivity contribution < 1.29 is 4.79 Å². The minimum Gasteiger partial charge on any atom is -0.332 e. The van der Waals surface area contributed by atoms with E-state index in [9.17, 15) is 4.79 Å². The van der Waals surface area contributed by atoms with Gasteiger partial charge in [-0.2, -0.15) is 0 Å². The first kappa shape index (κ1) is 15.5. The van der Waals surface area contributed by atoms with Crippen molar-refractivity contribution in [1.82, 2.24) is 0 Å². The van der Waals surface area contributed by atoms with E-state index in [1.807, 2.05) is 31.2 Å². The van der Waals surface area contributed by atoms with Crippen molar-refractivity contribution in [3.63, 3.8) is 0 Å². The number of hydrogen-bond acceptors (Lipinski definition) is 2. The summed E-state index contributed by atoms with van der Waals surface area (Å²) in [7, 11) is 0. The number of ketones is 1. The van der Waals surface area contributed by atoms with Crippen molar-refractivity contribution in [1.29, 1.82) is 0 Å². The zero-order valence-corrected chi connectivity index (χ0v) is 13.3. The molecule has 2 N–H and O–H groups in total. The Labute approximate surface area is 134 Å². The molecule has 0 aromatic heterocycles. The predicted molar refractivity (Wildman–Crippen MR) is 92.5 cm³/mol. The molecule has 2 aromatic rings. The third-order valence-corrected chi connectivity index (χ3v) is 3.40. The molecule has 0 aliphatic carbocycles. The van der Waals surface area contributed by atoms with Gasteiger partial charge >= 0.3 is 0 Å². The van der Waals surface area contributed by atoms with Crippen molar-refractivity contribution in [2.45, 2.75) is 13.8 Å². The maximum absolute atomic E-state index is 11.4. The molecule has 108 valence electrons. The summed E-state index contributed by atoms with van der Waals surface area (Å²) in [5, 5.41) is 7.32. The number of benzene rings is 2. The van der Waals surface area contributed by atoms with Crippen molar-refractivity contribution in [2.75, 3.05) is 10.6 Å². The van der Waals surface area contributed by atoms with Crippen LogP contribution in [0.15, 0.2) is 42.5 Å². The van der Waals surface area contributed by atoms with Crippen LogP contribution in [0.25, 0.3) is 0 Å². The highest BCUT2D eigenvalue weighted by Crippen LogP contribution is 2.20. The summed E-state index contributed by atoms with van der Waals surface area (Å²) in [5.74, 6) is 0.0195. The minimum atomic E-state index is 0.0195. The van der Waals surface area contributed by atoms with Gasteiger partial charge in [0, 0.05) is 22.0 Å². The predicted octanol–water partition coefficient (Wildman–Crippen LogP) is 4.66. The van der Waals surface area contributed by atoms with Crippen molar-refractivity contribution in [3.8, 4) is 0 Å². The molecular formula is C16H15ClN2OS. The van der Waals surface area contributed by atoms with E-state index in [1.165, 1.54) is 6.92 Å². The fraction of sp³-hybridized carbons (Fsp3) is 0.125. The zero-order chi connectivity index (χ0) is 15.4. The van der Waals surface area contributed by atoms with E-state index in [0.717, 1.165) is 16.9 Å². The van der Waals surface area contributed by atoms with Crippen molar-refractivity contribution >= 4 is 46.1 Å². The van der Waals surface area contributed by atoms with Crippen LogP contribution in [-0.4, -0.2) is 10.9 Å². The number of nitrogens with one attached hydrogen (secondary N) is 2. The van der Waals surface area contributed by atoms with E-state index in [0.29, 0.717) is 15.7 Å². The van der Waals surface area contributed by atoms with Crippen LogP contribution in [0, 0.1) is 6.92 Å². The van der Waals surface area contributed by atoms with Gasteiger partial charge < -0.3 is 10.6 Å². The number of anilines is 2. The first-order valence-corrected chi connectivity index (χ1v) is 7.19. The second-order valence-corrected chi connectivity index (χ2v) is 5.52. The van der Waals surface area contributed by atoms with E-state index in [2.05, 4.69) is 10.6 Å². The lowest BCUT2D eigenvalue weighted by Gasteiger charge is -2.13. The van der Waals surface area contributed by atoms with Crippen LogP contribution in [0.1, 0.15) is 22.8 Å². The molecule has 0 spiro atoms. The number of hydrogen-bond donors (Lipinski definition) is 2. The molecule has 2 rings (SSSR count). The van der Waals surface area contributed by atoms with E-state index >= 15 is 0 Å². The summed E-state index contributed by atoms with van der Waals surface area (Å²) < 4.78 is 0. The van der Waals surface area contributed by atoms with Crippen LogP contribution in [0.5, 0.6) is 0 Å². The van der Waals surface area contributed by atoms with Crippen LogP contribution in [0.2, 0.25) is 5.02 Å². The second-order valence-electron chi connectivity index (χ2n) is 4.68. The number of carbonyl (C=O) groups excluding carboxylic acids is 1. The molecule has 0 amide bonds. The Kier molecular flexibility index (Phi) is 4.94. The quantitative estimate of drug-likeness (QED) is 0.638. The zero-order valence-electron chi connectivity index (χ0n) is 11.7. The average molecular weight is 319 g/mol. The highest BCUT2D eigenvalue weighted by molar-refractivity contribution is 7.80. The van der Waals surface area contributed by atoms with Gasteiger partial charge in [0.25, 0.3) is 0 Å². The first-order valence-electron chi connectivity index (χ1n) is 6.41. The third-order valence-electron chi connectivity index (χ3n) is 2.96. The summed E-state index contributed by atoms with van der Waals surface area (Å²) in [5.41, 5.74) is 3.31. The molecule has 21 heavy (non-hydrogen) atoms. The maximum Gasteiger partial charge on any atom is 0.175 e. The SMILES string of the molecule is CC(=O)c1cccc(NC(=S)Nc2ccc(Cl)cc2C)c1. The fourth-order valence-corrected chi connectivity index (χ4v) is 2.32. The van der Waals surface area contributed by atoms with E-state index < -0.39 is 0 Å². The Morgan fingerprint density at radius 3 is 2.57 bits per heavy atom. The number of halogens is 1. The molecule has 0 aliphatic heterocycles. The van der Waals surface area contributed by atoms with Crippen LogP contribution in [-0.2, 0) is 0 Å². The highest BCUT2D eigenvalue weighted by Gasteiger charge is 2.04. The molecular weight excluding hydrogens is 304 g/mol. The smallest absolute Gasteiger partial charge is 0.175 e. The molecule has 0 saturated heterocycles. The van der Waals surface area contributed by atoms with Gasteiger partial charge in [-0.1, -0.05) is 23.7 Å². The number of rotatable bonds is 3. The molecule has 0 bridgehead atoms. The van der Waals surface area contributed by atoms with Crippen LogP contribution in [0.3, 0.4) is 0 Å². The summed E-state index contributed by atoms with van der Waals surface area (Å²) >= 11 is 11.2. The summed E-state index contributed by atoms with van der Waals surface area (Å²) in [6.07, 6.45) is 0. The van der Waals surface area contributed by atoms with E-state index in [-0.39, 0.29) is 5.78 Å². The molecule has 0 aliphatic rings. The van der Waals surface area contributed by atoms with E-state index in [1.54, 1.807) is 18.2 Å². The van der Waals surface area contributed by atoms with Crippen LogP contribution >= 0.6 is 23.8 Å². The monoisotopic (exact) mass is 318 g/mol. The van der Waals surface area contributed by atoms with E-state index in [4.69, 9.17) is 23.8 Å².